The Bertz CT molecular complexity index is 1060. The number of carbonyl (C=O) groups is 3. The number of hydrogen-bond acceptors (Lipinski definition) is 4. The van der Waals surface area contributed by atoms with Crippen molar-refractivity contribution < 1.29 is 37.4 Å². The zero-order valence-electron chi connectivity index (χ0n) is 19.3. The van der Waals surface area contributed by atoms with Gasteiger partial charge in [0.15, 0.2) is 0 Å². The molecule has 1 aliphatic carbocycles. The van der Waals surface area contributed by atoms with E-state index in [-0.39, 0.29) is 18.9 Å². The average Bonchev–Trinajstić information content (AvgIpc) is 3.07. The maximum atomic E-state index is 13.5. The molecule has 0 saturated carbocycles. The van der Waals surface area contributed by atoms with E-state index >= 15 is 0 Å². The molecule has 0 bridgehead atoms. The summed E-state index contributed by atoms with van der Waals surface area (Å²) in [5.74, 6) is -2.21. The molecule has 0 radical (unpaired) electrons. The molecule has 3 rings (SSSR count). The molecule has 0 aromatic heterocycles. The predicted molar refractivity (Wildman–Crippen MR) is 122 cm³/mol. The van der Waals surface area contributed by atoms with Gasteiger partial charge >= 0.3 is 18.2 Å². The summed E-state index contributed by atoms with van der Waals surface area (Å²) < 4.78 is 45.7. The highest BCUT2D eigenvalue weighted by Crippen LogP contribution is 2.44. The fourth-order valence-electron chi connectivity index (χ4n) is 4.24. The number of ether oxygens (including phenoxy) is 1. The summed E-state index contributed by atoms with van der Waals surface area (Å²) in [5, 5.41) is 13.1. The molecule has 0 spiro atoms. The first-order valence-electron chi connectivity index (χ1n) is 11.1. The Morgan fingerprint density at radius 3 is 2.06 bits per heavy atom. The van der Waals surface area contributed by atoms with E-state index in [2.05, 4.69) is 5.32 Å². The Balaban J connectivity index is 1.59. The van der Waals surface area contributed by atoms with Crippen molar-refractivity contribution >= 4 is 18.0 Å². The molecule has 2 aromatic rings. The van der Waals surface area contributed by atoms with Crippen LogP contribution in [0.25, 0.3) is 11.1 Å². The molecule has 3 N–H and O–H groups in total. The van der Waals surface area contributed by atoms with E-state index in [0.29, 0.717) is 0 Å². The summed E-state index contributed by atoms with van der Waals surface area (Å²) in [6, 6.07) is 12.8. The first kappa shape index (κ1) is 26.1. The maximum absolute atomic E-state index is 13.5. The fourth-order valence-corrected chi connectivity index (χ4v) is 4.24. The monoisotopic (exact) mass is 492 g/mol. The Morgan fingerprint density at radius 2 is 1.54 bits per heavy atom. The number of aliphatic carboxylic acids is 1. The minimum absolute atomic E-state index is 0.145. The van der Waals surface area contributed by atoms with Gasteiger partial charge in [-0.1, -0.05) is 48.5 Å². The summed E-state index contributed by atoms with van der Waals surface area (Å²) >= 11 is 0. The molecule has 188 valence electrons. The van der Waals surface area contributed by atoms with Gasteiger partial charge in [-0.15, -0.1) is 0 Å². The van der Waals surface area contributed by atoms with E-state index in [4.69, 9.17) is 9.84 Å². The normalized spacial score (nSPS) is 14.0. The number of fused-ring (bicyclic) bond motifs is 3. The topological polar surface area (TPSA) is 105 Å². The van der Waals surface area contributed by atoms with Crippen LogP contribution in [0.5, 0.6) is 0 Å². The predicted octanol–water partition coefficient (Wildman–Crippen LogP) is 4.61. The number of carboxylic acids is 1. The number of alkyl carbamates (subject to hydrolysis) is 1. The van der Waals surface area contributed by atoms with Crippen LogP contribution in [0.3, 0.4) is 0 Å². The maximum Gasteiger partial charge on any atom is 0.408 e. The standard InChI is InChI=1S/C25H27F3N2O5/c1-24(2,13-22(32)33)30-21(31)12-11-20(25(26,27)28)29-23(34)35-14-19-17-9-5-3-7-15(17)16-8-4-6-10-18(16)19/h3-10,19-20H,11-14H2,1-2H3,(H,29,34)(H,30,31)(H,32,33)/t20-/m0/s1. The van der Waals surface area contributed by atoms with Crippen molar-refractivity contribution in [2.75, 3.05) is 6.61 Å². The molecular weight excluding hydrogens is 465 g/mol. The Hall–Kier alpha value is -3.56. The minimum atomic E-state index is -4.80. The van der Waals surface area contributed by atoms with Crippen LogP contribution in [0.4, 0.5) is 18.0 Å². The SMILES string of the molecule is CC(C)(CC(=O)O)NC(=O)CC[C@H](NC(=O)OCC1c2ccccc2-c2ccccc21)C(F)(F)F. The lowest BCUT2D eigenvalue weighted by Crippen LogP contribution is -2.48. The van der Waals surface area contributed by atoms with Gasteiger partial charge in [-0.05, 0) is 42.5 Å². The van der Waals surface area contributed by atoms with Gasteiger partial charge in [-0.3, -0.25) is 9.59 Å². The van der Waals surface area contributed by atoms with Crippen LogP contribution in [0.1, 0.15) is 50.2 Å². The molecule has 10 heteroatoms. The van der Waals surface area contributed by atoms with Crippen molar-refractivity contribution in [2.24, 2.45) is 0 Å². The smallest absolute Gasteiger partial charge is 0.408 e. The summed E-state index contributed by atoms with van der Waals surface area (Å²) in [7, 11) is 0. The number of nitrogens with one attached hydrogen (secondary N) is 2. The van der Waals surface area contributed by atoms with E-state index in [9.17, 15) is 27.6 Å². The van der Waals surface area contributed by atoms with Gasteiger partial charge in [0.05, 0.1) is 6.42 Å². The van der Waals surface area contributed by atoms with Crippen LogP contribution in [0, 0.1) is 0 Å². The lowest BCUT2D eigenvalue weighted by molar-refractivity contribution is -0.156. The van der Waals surface area contributed by atoms with E-state index in [0.717, 1.165) is 22.3 Å². The second kappa shape index (κ2) is 10.4. The number of rotatable bonds is 9. The van der Waals surface area contributed by atoms with Gasteiger partial charge in [0.2, 0.25) is 5.91 Å². The molecule has 2 aromatic carbocycles. The van der Waals surface area contributed by atoms with E-state index in [1.165, 1.54) is 13.8 Å². The van der Waals surface area contributed by atoms with Crippen LogP contribution in [0.15, 0.2) is 48.5 Å². The van der Waals surface area contributed by atoms with Gasteiger partial charge in [-0.25, -0.2) is 4.79 Å². The molecular formula is C25H27F3N2O5. The van der Waals surface area contributed by atoms with Gasteiger partial charge in [0.25, 0.3) is 0 Å². The van der Waals surface area contributed by atoms with Crippen molar-refractivity contribution in [1.29, 1.82) is 0 Å². The van der Waals surface area contributed by atoms with Gasteiger partial charge < -0.3 is 20.5 Å². The summed E-state index contributed by atoms with van der Waals surface area (Å²) in [6.07, 6.45) is -7.71. The first-order valence-corrected chi connectivity index (χ1v) is 11.1. The van der Waals surface area contributed by atoms with Crippen molar-refractivity contribution in [3.8, 4) is 11.1 Å². The van der Waals surface area contributed by atoms with Crippen LogP contribution < -0.4 is 10.6 Å². The number of amides is 2. The van der Waals surface area contributed by atoms with E-state index in [1.807, 2.05) is 53.8 Å². The molecule has 0 heterocycles. The zero-order chi connectivity index (χ0) is 25.8. The van der Waals surface area contributed by atoms with Gasteiger partial charge in [-0.2, -0.15) is 13.2 Å². The third-order valence-corrected chi connectivity index (χ3v) is 5.76. The average molecular weight is 492 g/mol. The van der Waals surface area contributed by atoms with Crippen molar-refractivity contribution in [2.45, 2.75) is 56.8 Å². The molecule has 0 fully saturated rings. The highest BCUT2D eigenvalue weighted by Gasteiger charge is 2.41. The highest BCUT2D eigenvalue weighted by molar-refractivity contribution is 5.79. The number of alkyl halides is 3. The quantitative estimate of drug-likeness (QED) is 0.474. The summed E-state index contributed by atoms with van der Waals surface area (Å²) in [4.78, 5) is 35.2. The lowest BCUT2D eigenvalue weighted by Gasteiger charge is -2.25. The summed E-state index contributed by atoms with van der Waals surface area (Å²) in [5.41, 5.74) is 2.70. The zero-order valence-corrected chi connectivity index (χ0v) is 19.3. The number of benzene rings is 2. The molecule has 7 nitrogen and oxygen atoms in total. The Morgan fingerprint density at radius 1 is 1.00 bits per heavy atom. The second-order valence-corrected chi connectivity index (χ2v) is 9.11. The van der Waals surface area contributed by atoms with Crippen molar-refractivity contribution in [1.82, 2.24) is 10.6 Å². The Labute approximate surface area is 200 Å². The Kier molecular flexibility index (Phi) is 7.72. The van der Waals surface area contributed by atoms with E-state index < -0.39 is 48.6 Å². The van der Waals surface area contributed by atoms with Gasteiger partial charge in [0.1, 0.15) is 12.6 Å². The second-order valence-electron chi connectivity index (χ2n) is 9.11. The van der Waals surface area contributed by atoms with Crippen LogP contribution in [0.2, 0.25) is 0 Å². The van der Waals surface area contributed by atoms with Crippen LogP contribution >= 0.6 is 0 Å². The molecule has 0 unspecified atom stereocenters. The van der Waals surface area contributed by atoms with Crippen molar-refractivity contribution in [3.63, 3.8) is 0 Å². The largest absolute Gasteiger partial charge is 0.481 e. The number of carboxylic acid groups (broad SMARTS) is 1. The number of halogens is 3. The molecule has 1 atom stereocenters. The molecule has 1 aliphatic rings. The third kappa shape index (κ3) is 6.74. The molecule has 2 amide bonds. The summed E-state index contributed by atoms with van der Waals surface area (Å²) in [6.45, 7) is 2.76. The molecule has 0 aliphatic heterocycles. The van der Waals surface area contributed by atoms with Crippen LogP contribution in [-0.2, 0) is 14.3 Å². The molecule has 35 heavy (non-hydrogen) atoms. The van der Waals surface area contributed by atoms with E-state index in [1.54, 1.807) is 0 Å². The fraction of sp³-hybridized carbons (Fsp3) is 0.400. The first-order chi connectivity index (χ1) is 16.4. The third-order valence-electron chi connectivity index (χ3n) is 5.76. The highest BCUT2D eigenvalue weighted by atomic mass is 19.4. The number of carbonyl (C=O) groups excluding carboxylic acids is 2. The van der Waals surface area contributed by atoms with Crippen LogP contribution in [-0.4, -0.2) is 47.4 Å². The van der Waals surface area contributed by atoms with Crippen molar-refractivity contribution in [3.05, 3.63) is 59.7 Å². The number of hydrogen-bond donors (Lipinski definition) is 3. The lowest BCUT2D eigenvalue weighted by atomic mass is 9.98. The minimum Gasteiger partial charge on any atom is -0.481 e. The molecule has 0 saturated heterocycles. The van der Waals surface area contributed by atoms with Gasteiger partial charge in [0, 0.05) is 17.9 Å².